The van der Waals surface area contributed by atoms with Gasteiger partial charge < -0.3 is 16.4 Å². The highest BCUT2D eigenvalue weighted by Crippen LogP contribution is 2.29. The van der Waals surface area contributed by atoms with Crippen LogP contribution in [0.4, 0.5) is 22.0 Å². The fraction of sp³-hybridized carbons (Fsp3) is 0.0500. The van der Waals surface area contributed by atoms with Gasteiger partial charge in [-0.1, -0.05) is 24.3 Å². The maximum atomic E-state index is 12.2. The quantitative estimate of drug-likeness (QED) is 0.441. The first-order chi connectivity index (χ1) is 13.1. The Labute approximate surface area is 155 Å². The molecule has 27 heavy (non-hydrogen) atoms. The van der Waals surface area contributed by atoms with Crippen LogP contribution in [0.5, 0.6) is 0 Å². The number of carbonyl (C=O) groups excluding carboxylic acids is 1. The number of anilines is 3. The van der Waals surface area contributed by atoms with Crippen molar-refractivity contribution < 1.29 is 4.79 Å². The molecule has 4 rings (SSSR count). The van der Waals surface area contributed by atoms with Gasteiger partial charge >= 0.3 is 6.03 Å². The highest BCUT2D eigenvalue weighted by molar-refractivity contribution is 6.01. The minimum absolute atomic E-state index is 0.298. The average Bonchev–Trinajstić information content (AvgIpc) is 3.04. The first-order valence-corrected chi connectivity index (χ1v) is 8.44. The summed E-state index contributed by atoms with van der Waals surface area (Å²) in [4.78, 5) is 16.6. The molecule has 0 unspecified atom stereocenters. The number of urea groups is 1. The van der Waals surface area contributed by atoms with Crippen LogP contribution in [-0.4, -0.2) is 21.2 Å². The maximum absolute atomic E-state index is 12.2. The Morgan fingerprint density at radius 1 is 1.04 bits per heavy atom. The Kier molecular flexibility index (Phi) is 4.18. The summed E-state index contributed by atoms with van der Waals surface area (Å²) in [6, 6.07) is 16.6. The fourth-order valence-electron chi connectivity index (χ4n) is 2.94. The summed E-state index contributed by atoms with van der Waals surface area (Å²) < 4.78 is 0. The molecule has 0 atom stereocenters. The summed E-state index contributed by atoms with van der Waals surface area (Å²) in [6.45, 7) is 1.98. The second-order valence-corrected chi connectivity index (χ2v) is 6.22. The van der Waals surface area contributed by atoms with E-state index in [1.807, 2.05) is 61.5 Å². The molecule has 7 heteroatoms. The number of H-pyrrole nitrogens is 1. The van der Waals surface area contributed by atoms with Gasteiger partial charge in [0, 0.05) is 23.1 Å². The Hall–Kier alpha value is -3.87. The number of rotatable bonds is 3. The van der Waals surface area contributed by atoms with Crippen molar-refractivity contribution in [2.75, 3.05) is 16.4 Å². The van der Waals surface area contributed by atoms with Gasteiger partial charge in [-0.05, 0) is 42.8 Å². The molecule has 2 heterocycles. The zero-order valence-corrected chi connectivity index (χ0v) is 14.7. The van der Waals surface area contributed by atoms with Crippen molar-refractivity contribution in [1.82, 2.24) is 15.2 Å². The van der Waals surface area contributed by atoms with E-state index >= 15 is 0 Å². The molecule has 0 spiro atoms. The van der Waals surface area contributed by atoms with Crippen LogP contribution in [0.25, 0.3) is 22.2 Å². The van der Waals surface area contributed by atoms with Crippen LogP contribution in [0.3, 0.4) is 0 Å². The number of carbonyl (C=O) groups is 1. The number of nitrogen functional groups attached to an aromatic ring is 1. The smallest absolute Gasteiger partial charge is 0.323 e. The lowest BCUT2D eigenvalue weighted by molar-refractivity contribution is 0.262. The van der Waals surface area contributed by atoms with Crippen LogP contribution in [0.15, 0.2) is 60.8 Å². The van der Waals surface area contributed by atoms with E-state index in [2.05, 4.69) is 25.8 Å². The molecule has 0 saturated heterocycles. The molecule has 0 aliphatic heterocycles. The van der Waals surface area contributed by atoms with Gasteiger partial charge in [0.05, 0.1) is 16.6 Å². The molecule has 7 nitrogen and oxygen atoms in total. The molecule has 5 N–H and O–H groups in total. The Morgan fingerprint density at radius 3 is 2.59 bits per heavy atom. The number of fused-ring (bicyclic) bond motifs is 1. The SMILES string of the molecule is Cc1cccc(NC(=O)Nc2ccc(-c3nccc4[nH]nc(N)c34)cc2)c1. The topological polar surface area (TPSA) is 109 Å². The van der Waals surface area contributed by atoms with Gasteiger partial charge in [0.15, 0.2) is 5.82 Å². The number of nitrogens with zero attached hydrogens (tertiary/aromatic N) is 2. The molecule has 2 amide bonds. The molecule has 134 valence electrons. The molecule has 2 aromatic heterocycles. The van der Waals surface area contributed by atoms with Crippen molar-refractivity contribution in [3.05, 3.63) is 66.4 Å². The minimum Gasteiger partial charge on any atom is -0.382 e. The average molecular weight is 358 g/mol. The molecule has 4 aromatic rings. The van der Waals surface area contributed by atoms with Gasteiger partial charge in [-0.3, -0.25) is 10.1 Å². The van der Waals surface area contributed by atoms with Gasteiger partial charge in [-0.2, -0.15) is 5.10 Å². The molecule has 0 aliphatic rings. The monoisotopic (exact) mass is 358 g/mol. The van der Waals surface area contributed by atoms with Gasteiger partial charge in [0.1, 0.15) is 0 Å². The second kappa shape index (κ2) is 6.80. The molecule has 2 aromatic carbocycles. The predicted molar refractivity (Wildman–Crippen MR) is 108 cm³/mol. The van der Waals surface area contributed by atoms with Crippen LogP contribution in [0, 0.1) is 6.92 Å². The number of amides is 2. The van der Waals surface area contributed by atoms with E-state index in [1.165, 1.54) is 0 Å². The predicted octanol–water partition coefficient (Wildman–Crippen LogP) is 4.16. The van der Waals surface area contributed by atoms with E-state index < -0.39 is 0 Å². The van der Waals surface area contributed by atoms with Crippen LogP contribution in [0.1, 0.15) is 5.56 Å². The molecular formula is C20H18N6O. The third kappa shape index (κ3) is 3.43. The first kappa shape index (κ1) is 16.6. The second-order valence-electron chi connectivity index (χ2n) is 6.22. The first-order valence-electron chi connectivity index (χ1n) is 8.44. The number of aryl methyl sites for hydroxylation is 1. The van der Waals surface area contributed by atoms with E-state index in [9.17, 15) is 4.79 Å². The number of hydrogen-bond donors (Lipinski definition) is 4. The number of nitrogens with one attached hydrogen (secondary N) is 3. The third-order valence-corrected chi connectivity index (χ3v) is 4.20. The molecular weight excluding hydrogens is 340 g/mol. The van der Waals surface area contributed by atoms with E-state index in [0.29, 0.717) is 11.5 Å². The van der Waals surface area contributed by atoms with E-state index in [0.717, 1.165) is 33.4 Å². The molecule has 0 fully saturated rings. The zero-order chi connectivity index (χ0) is 18.8. The number of aromatic nitrogens is 3. The van der Waals surface area contributed by atoms with Crippen LogP contribution < -0.4 is 16.4 Å². The van der Waals surface area contributed by atoms with E-state index in [1.54, 1.807) is 6.20 Å². The number of nitrogens with two attached hydrogens (primary N) is 1. The van der Waals surface area contributed by atoms with Crippen LogP contribution in [-0.2, 0) is 0 Å². The summed E-state index contributed by atoms with van der Waals surface area (Å²) in [7, 11) is 0. The van der Waals surface area contributed by atoms with Crippen molar-refractivity contribution in [3.63, 3.8) is 0 Å². The van der Waals surface area contributed by atoms with Gasteiger partial charge in [0.2, 0.25) is 0 Å². The summed E-state index contributed by atoms with van der Waals surface area (Å²) in [5.74, 6) is 0.410. The summed E-state index contributed by atoms with van der Waals surface area (Å²) >= 11 is 0. The number of aromatic amines is 1. The minimum atomic E-state index is -0.298. The number of pyridine rings is 1. The molecule has 0 bridgehead atoms. The largest absolute Gasteiger partial charge is 0.382 e. The fourth-order valence-corrected chi connectivity index (χ4v) is 2.94. The normalized spacial score (nSPS) is 10.7. The lowest BCUT2D eigenvalue weighted by atomic mass is 10.1. The van der Waals surface area contributed by atoms with E-state index in [4.69, 9.17) is 5.73 Å². The van der Waals surface area contributed by atoms with Gasteiger partial charge in [0.25, 0.3) is 0 Å². The lowest BCUT2D eigenvalue weighted by Crippen LogP contribution is -2.19. The molecule has 0 aliphatic carbocycles. The maximum Gasteiger partial charge on any atom is 0.323 e. The van der Waals surface area contributed by atoms with Gasteiger partial charge in [-0.25, -0.2) is 4.79 Å². The Morgan fingerprint density at radius 2 is 1.81 bits per heavy atom. The van der Waals surface area contributed by atoms with Crippen molar-refractivity contribution in [3.8, 4) is 11.3 Å². The van der Waals surface area contributed by atoms with Crippen molar-refractivity contribution >= 4 is 34.1 Å². The summed E-state index contributed by atoms with van der Waals surface area (Å²) in [5.41, 5.74) is 10.9. The van der Waals surface area contributed by atoms with Crippen molar-refractivity contribution in [2.45, 2.75) is 6.92 Å². The Balaban J connectivity index is 1.52. The van der Waals surface area contributed by atoms with Crippen LogP contribution >= 0.6 is 0 Å². The van der Waals surface area contributed by atoms with Crippen LogP contribution in [0.2, 0.25) is 0 Å². The lowest BCUT2D eigenvalue weighted by Gasteiger charge is -2.09. The standard InChI is InChI=1S/C20H18N6O/c1-12-3-2-4-15(11-12)24-20(27)23-14-7-5-13(6-8-14)18-17-16(9-10-22-18)25-26-19(17)21/h2-11H,1H3,(H3,21,25,26)(H2,23,24,27). The van der Waals surface area contributed by atoms with Crippen molar-refractivity contribution in [2.24, 2.45) is 0 Å². The molecule has 0 saturated carbocycles. The number of benzene rings is 2. The third-order valence-electron chi connectivity index (χ3n) is 4.20. The summed E-state index contributed by atoms with van der Waals surface area (Å²) in [6.07, 6.45) is 1.71. The van der Waals surface area contributed by atoms with Crippen molar-refractivity contribution in [1.29, 1.82) is 0 Å². The van der Waals surface area contributed by atoms with E-state index in [-0.39, 0.29) is 6.03 Å². The summed E-state index contributed by atoms with van der Waals surface area (Å²) in [5, 5.41) is 13.3. The zero-order valence-electron chi connectivity index (χ0n) is 14.7. The molecule has 0 radical (unpaired) electrons. The highest BCUT2D eigenvalue weighted by atomic mass is 16.2. The highest BCUT2D eigenvalue weighted by Gasteiger charge is 2.11. The van der Waals surface area contributed by atoms with Gasteiger partial charge in [-0.15, -0.1) is 0 Å². The Bertz CT molecular complexity index is 1120. The number of hydrogen-bond acceptors (Lipinski definition) is 4.